The molecule has 3 N–H and O–H groups in total. The van der Waals surface area contributed by atoms with E-state index in [0.29, 0.717) is 25.7 Å². The molecular formula is C79H142O17P2. The van der Waals surface area contributed by atoms with Gasteiger partial charge >= 0.3 is 39.5 Å². The molecule has 0 fully saturated rings. The highest BCUT2D eigenvalue weighted by molar-refractivity contribution is 7.47. The van der Waals surface area contributed by atoms with Gasteiger partial charge in [-0.2, -0.15) is 0 Å². The van der Waals surface area contributed by atoms with Crippen LogP contribution >= 0.6 is 15.6 Å². The zero-order chi connectivity index (χ0) is 71.8. The fourth-order valence-electron chi connectivity index (χ4n) is 10.7. The van der Waals surface area contributed by atoms with Gasteiger partial charge in [-0.3, -0.25) is 37.3 Å². The first kappa shape index (κ1) is 94.5. The molecule has 0 aromatic heterocycles. The second-order valence-electron chi connectivity index (χ2n) is 26.3. The van der Waals surface area contributed by atoms with Crippen LogP contribution in [0.3, 0.4) is 0 Å². The minimum absolute atomic E-state index is 0.0836. The zero-order valence-electron chi connectivity index (χ0n) is 62.2. The van der Waals surface area contributed by atoms with Gasteiger partial charge in [-0.05, 0) is 116 Å². The van der Waals surface area contributed by atoms with Crippen LogP contribution in [-0.2, 0) is 65.4 Å². The second kappa shape index (κ2) is 71.9. The summed E-state index contributed by atoms with van der Waals surface area (Å²) < 4.78 is 68.5. The number of allylic oxidation sites excluding steroid dienone is 12. The summed E-state index contributed by atoms with van der Waals surface area (Å²) in [6.45, 7) is 4.74. The van der Waals surface area contributed by atoms with Crippen LogP contribution in [0.25, 0.3) is 0 Å². The third kappa shape index (κ3) is 70.9. The summed E-state index contributed by atoms with van der Waals surface area (Å²) in [6.07, 6.45) is 71.6. The van der Waals surface area contributed by atoms with Crippen molar-refractivity contribution in [1.82, 2.24) is 0 Å². The lowest BCUT2D eigenvalue weighted by atomic mass is 10.0. The molecule has 0 heterocycles. The number of carbonyl (C=O) groups is 4. The van der Waals surface area contributed by atoms with E-state index in [1.807, 2.05) is 0 Å². The Morgan fingerprint density at radius 2 is 0.531 bits per heavy atom. The molecule has 0 aliphatic rings. The average Bonchev–Trinajstić information content (AvgIpc) is 1.04. The van der Waals surface area contributed by atoms with Crippen LogP contribution < -0.4 is 0 Å². The van der Waals surface area contributed by atoms with Gasteiger partial charge in [0.2, 0.25) is 0 Å². The molecule has 0 amide bonds. The van der Waals surface area contributed by atoms with Crippen LogP contribution in [0.1, 0.15) is 349 Å². The van der Waals surface area contributed by atoms with Crippen molar-refractivity contribution < 1.29 is 80.2 Å². The van der Waals surface area contributed by atoms with Gasteiger partial charge in [-0.25, -0.2) is 9.13 Å². The molecule has 0 aliphatic carbocycles. The highest BCUT2D eigenvalue weighted by Gasteiger charge is 2.30. The summed E-state index contributed by atoms with van der Waals surface area (Å²) in [5.74, 6) is -2.19. The smallest absolute Gasteiger partial charge is 0.462 e. The van der Waals surface area contributed by atoms with Gasteiger partial charge in [-0.1, -0.05) is 280 Å². The molecule has 0 rings (SSSR count). The van der Waals surface area contributed by atoms with Crippen molar-refractivity contribution in [2.75, 3.05) is 39.6 Å². The standard InChI is InChI=1S/C79H142O17P2/c1-5-9-13-17-21-25-29-33-36-40-43-47-51-55-59-63-76(81)89-69-74(95-78(83)65-61-57-53-49-45-39-32-28-24-20-16-12-8-4)71-93-97(85,86)91-67-73(80)68-92-98(87,88)94-72-75(96-79(84)66-62-58-54-50-46-42-38-35-31-27-23-19-15-11-7-3)70-90-77(82)64-60-56-52-48-44-41-37-34-30-26-22-18-14-10-6-2/h10,14,21-22,25-26,33-38,73-75,80H,5-9,11-13,15-20,23-24,27-32,39-72H2,1-4H3,(H,85,86)(H,87,88)/b14-10-,25-21-,26-22-,36-33-,37-34-,38-35-. The maximum Gasteiger partial charge on any atom is 0.472 e. The maximum absolute atomic E-state index is 13.1. The van der Waals surface area contributed by atoms with Crippen molar-refractivity contribution in [1.29, 1.82) is 0 Å². The second-order valence-corrected chi connectivity index (χ2v) is 29.2. The summed E-state index contributed by atoms with van der Waals surface area (Å²) in [6, 6.07) is 0. The summed E-state index contributed by atoms with van der Waals surface area (Å²) in [7, 11) is -9.95. The number of unbranched alkanes of at least 4 members (excludes halogenated alkanes) is 36. The highest BCUT2D eigenvalue weighted by atomic mass is 31.2. The minimum Gasteiger partial charge on any atom is -0.462 e. The van der Waals surface area contributed by atoms with E-state index in [1.54, 1.807) is 0 Å². The Morgan fingerprint density at radius 1 is 0.296 bits per heavy atom. The molecule has 5 atom stereocenters. The lowest BCUT2D eigenvalue weighted by molar-refractivity contribution is -0.161. The summed E-state index contributed by atoms with van der Waals surface area (Å²) in [4.78, 5) is 72.9. The lowest BCUT2D eigenvalue weighted by Gasteiger charge is -2.21. The van der Waals surface area contributed by atoms with Crippen LogP contribution in [-0.4, -0.2) is 96.7 Å². The van der Waals surface area contributed by atoms with Crippen molar-refractivity contribution in [2.24, 2.45) is 0 Å². The van der Waals surface area contributed by atoms with Gasteiger partial charge in [0.15, 0.2) is 12.2 Å². The zero-order valence-corrected chi connectivity index (χ0v) is 64.0. The van der Waals surface area contributed by atoms with Crippen LogP contribution in [0.2, 0.25) is 0 Å². The molecule has 5 unspecified atom stereocenters. The van der Waals surface area contributed by atoms with E-state index in [9.17, 15) is 43.2 Å². The quantitative estimate of drug-likeness (QED) is 0.0169. The average molecular weight is 1430 g/mol. The molecule has 17 nitrogen and oxygen atoms in total. The van der Waals surface area contributed by atoms with Crippen molar-refractivity contribution in [3.63, 3.8) is 0 Å². The highest BCUT2D eigenvalue weighted by Crippen LogP contribution is 2.45. The number of phosphoric acid groups is 2. The van der Waals surface area contributed by atoms with Gasteiger partial charge in [0.1, 0.15) is 19.3 Å². The molecule has 0 radical (unpaired) electrons. The van der Waals surface area contributed by atoms with Crippen LogP contribution in [0, 0.1) is 0 Å². The molecule has 0 aromatic rings. The van der Waals surface area contributed by atoms with E-state index in [2.05, 4.69) is 101 Å². The lowest BCUT2D eigenvalue weighted by Crippen LogP contribution is -2.30. The molecule has 0 aromatic carbocycles. The third-order valence-electron chi connectivity index (χ3n) is 16.7. The fourth-order valence-corrected chi connectivity index (χ4v) is 12.3. The minimum atomic E-state index is -4.98. The predicted molar refractivity (Wildman–Crippen MR) is 400 cm³/mol. The molecule has 0 bridgehead atoms. The van der Waals surface area contributed by atoms with Gasteiger partial charge in [0, 0.05) is 25.7 Å². The fraction of sp³-hybridized carbons (Fsp3) is 0.797. The number of hydrogen-bond donors (Lipinski definition) is 3. The number of hydrogen-bond acceptors (Lipinski definition) is 15. The van der Waals surface area contributed by atoms with Crippen molar-refractivity contribution >= 4 is 39.5 Å². The Hall–Kier alpha value is -3.50. The predicted octanol–water partition coefficient (Wildman–Crippen LogP) is 22.4. The van der Waals surface area contributed by atoms with Crippen LogP contribution in [0.5, 0.6) is 0 Å². The number of aliphatic hydroxyl groups is 1. The van der Waals surface area contributed by atoms with Gasteiger partial charge in [0.25, 0.3) is 0 Å². The molecule has 0 saturated carbocycles. The number of ether oxygens (including phenoxy) is 4. The first-order chi connectivity index (χ1) is 47.7. The number of rotatable bonds is 74. The Labute approximate surface area is 596 Å². The molecule has 0 saturated heterocycles. The molecule has 570 valence electrons. The molecule has 98 heavy (non-hydrogen) atoms. The number of aliphatic hydroxyl groups excluding tert-OH is 1. The van der Waals surface area contributed by atoms with Gasteiger partial charge in [-0.15, -0.1) is 0 Å². The number of carbonyl (C=O) groups excluding carboxylic acids is 4. The first-order valence-electron chi connectivity index (χ1n) is 39.2. The molecule has 0 spiro atoms. The number of phosphoric ester groups is 2. The van der Waals surface area contributed by atoms with E-state index >= 15 is 0 Å². The summed E-state index contributed by atoms with van der Waals surface area (Å²) in [5, 5.41) is 10.6. The van der Waals surface area contributed by atoms with Crippen LogP contribution in [0.4, 0.5) is 0 Å². The largest absolute Gasteiger partial charge is 0.472 e. The first-order valence-corrected chi connectivity index (χ1v) is 42.2. The van der Waals surface area contributed by atoms with E-state index in [0.717, 1.165) is 161 Å². The topological polar surface area (TPSA) is 237 Å². The maximum atomic E-state index is 13.1. The molecule has 0 aliphatic heterocycles. The summed E-state index contributed by atoms with van der Waals surface area (Å²) in [5.41, 5.74) is 0. The van der Waals surface area contributed by atoms with Crippen LogP contribution in [0.15, 0.2) is 72.9 Å². The monoisotopic (exact) mass is 1420 g/mol. The van der Waals surface area contributed by atoms with E-state index in [-0.39, 0.29) is 25.7 Å². The van der Waals surface area contributed by atoms with E-state index in [1.165, 1.54) is 109 Å². The van der Waals surface area contributed by atoms with Crippen molar-refractivity contribution in [2.45, 2.75) is 367 Å². The summed E-state index contributed by atoms with van der Waals surface area (Å²) >= 11 is 0. The number of esters is 4. The Bertz CT molecular complexity index is 2140. The van der Waals surface area contributed by atoms with Gasteiger partial charge in [0.05, 0.1) is 26.4 Å². The van der Waals surface area contributed by atoms with E-state index < -0.39 is 97.5 Å². The Balaban J connectivity index is 5.35. The van der Waals surface area contributed by atoms with E-state index in [4.69, 9.17) is 37.0 Å². The van der Waals surface area contributed by atoms with Gasteiger partial charge < -0.3 is 33.8 Å². The normalized spacial score (nSPS) is 14.3. The SMILES string of the molecule is CC/C=C\C/C=C\C/C=C\CCCCCCCC(=O)OCC(COP(=O)(O)OCC(O)COP(=O)(O)OCC(COC(=O)CCCCCCC/C=C\C/C=C\CCCCC)OC(=O)CCCCCCCCCCCCCCC)OC(=O)CCCCCCC/C=C\CCCCCCCC. The third-order valence-corrected chi connectivity index (χ3v) is 18.6. The van der Waals surface area contributed by atoms with Crippen molar-refractivity contribution in [3.8, 4) is 0 Å². The molecule has 19 heteroatoms. The van der Waals surface area contributed by atoms with Crippen molar-refractivity contribution in [3.05, 3.63) is 72.9 Å². The Morgan fingerprint density at radius 3 is 0.847 bits per heavy atom. The molecular weight excluding hydrogens is 1280 g/mol. The Kier molecular flexibility index (Phi) is 69.3.